The van der Waals surface area contributed by atoms with Gasteiger partial charge in [-0.05, 0) is 31.4 Å². The maximum atomic E-state index is 11.6. The predicted molar refractivity (Wildman–Crippen MR) is 81.0 cm³/mol. The molecule has 20 heavy (non-hydrogen) atoms. The lowest BCUT2D eigenvalue weighted by Crippen LogP contribution is -2.26. The van der Waals surface area contributed by atoms with Crippen LogP contribution in [0, 0.1) is 6.92 Å². The molecule has 0 radical (unpaired) electrons. The van der Waals surface area contributed by atoms with Crippen molar-refractivity contribution in [1.29, 1.82) is 0 Å². The van der Waals surface area contributed by atoms with E-state index in [0.717, 1.165) is 22.4 Å². The number of para-hydroxylation sites is 1. The number of rotatable bonds is 2. The molecule has 0 bridgehead atoms. The van der Waals surface area contributed by atoms with Crippen molar-refractivity contribution in [3.63, 3.8) is 0 Å². The molecule has 1 saturated heterocycles. The molecule has 4 nitrogen and oxygen atoms in total. The molecule has 108 valence electrons. The number of aromatic nitrogens is 2. The van der Waals surface area contributed by atoms with E-state index in [1.165, 1.54) is 0 Å². The summed E-state index contributed by atoms with van der Waals surface area (Å²) in [6.45, 7) is 2.05. The fourth-order valence-corrected chi connectivity index (χ4v) is 4.65. The zero-order chi connectivity index (χ0) is 14.3. The summed E-state index contributed by atoms with van der Waals surface area (Å²) in [5.41, 5.74) is 3.18. The van der Waals surface area contributed by atoms with E-state index in [2.05, 4.69) is 22.5 Å². The Bertz CT molecular complexity index is 738. The Labute approximate surface area is 123 Å². The fraction of sp³-hybridized carbons (Fsp3) is 0.500. The molecule has 6 heteroatoms. The fourth-order valence-electron chi connectivity index (χ4n) is 2.99. The first kappa shape index (κ1) is 13.9. The molecular weight excluding hydrogens is 296 g/mol. The van der Waals surface area contributed by atoms with E-state index in [1.54, 1.807) is 0 Å². The summed E-state index contributed by atoms with van der Waals surface area (Å²) in [4.78, 5) is 4.59. The third-order valence-electron chi connectivity index (χ3n) is 3.99. The number of nitrogens with zero attached hydrogens (tertiary/aromatic N) is 2. The van der Waals surface area contributed by atoms with Gasteiger partial charge in [-0.2, -0.15) is 0 Å². The second-order valence-electron chi connectivity index (χ2n) is 5.36. The Hall–Kier alpha value is -1.07. The van der Waals surface area contributed by atoms with Crippen molar-refractivity contribution in [1.82, 2.24) is 9.55 Å². The van der Waals surface area contributed by atoms with Crippen LogP contribution in [0.25, 0.3) is 11.0 Å². The van der Waals surface area contributed by atoms with Crippen LogP contribution in [0.1, 0.15) is 30.3 Å². The van der Waals surface area contributed by atoms with Crippen molar-refractivity contribution in [2.24, 2.45) is 0 Å². The van der Waals surface area contributed by atoms with Gasteiger partial charge in [-0.3, -0.25) is 0 Å². The first-order chi connectivity index (χ1) is 9.52. The van der Waals surface area contributed by atoms with Crippen LogP contribution in [0.3, 0.4) is 0 Å². The molecule has 0 N–H and O–H groups in total. The number of alkyl halides is 1. The lowest BCUT2D eigenvalue weighted by Gasteiger charge is -2.25. The molecular formula is C14H17ClN2O2S. The van der Waals surface area contributed by atoms with E-state index < -0.39 is 9.84 Å². The molecule has 1 aliphatic rings. The van der Waals surface area contributed by atoms with Crippen LogP contribution in [-0.4, -0.2) is 29.5 Å². The molecule has 1 aliphatic heterocycles. The van der Waals surface area contributed by atoms with Crippen molar-refractivity contribution in [2.45, 2.75) is 31.7 Å². The summed E-state index contributed by atoms with van der Waals surface area (Å²) in [5.74, 6) is 1.69. The Morgan fingerprint density at radius 1 is 1.35 bits per heavy atom. The molecule has 2 heterocycles. The Kier molecular flexibility index (Phi) is 3.50. The third kappa shape index (κ3) is 2.33. The lowest BCUT2D eigenvalue weighted by atomic mass is 10.1. The highest BCUT2D eigenvalue weighted by Crippen LogP contribution is 2.31. The van der Waals surface area contributed by atoms with Gasteiger partial charge in [0.2, 0.25) is 0 Å². The first-order valence-corrected chi connectivity index (χ1v) is 9.10. The van der Waals surface area contributed by atoms with Gasteiger partial charge in [-0.1, -0.05) is 12.1 Å². The van der Waals surface area contributed by atoms with Gasteiger partial charge in [-0.15, -0.1) is 11.6 Å². The Balaban J connectivity index is 2.10. The van der Waals surface area contributed by atoms with Gasteiger partial charge in [0, 0.05) is 6.04 Å². The van der Waals surface area contributed by atoms with Gasteiger partial charge in [0.15, 0.2) is 0 Å². The van der Waals surface area contributed by atoms with Crippen LogP contribution in [0.5, 0.6) is 0 Å². The minimum absolute atomic E-state index is 0.179. The van der Waals surface area contributed by atoms with Crippen LogP contribution < -0.4 is 0 Å². The molecule has 0 spiro atoms. The van der Waals surface area contributed by atoms with E-state index in [0.29, 0.717) is 18.7 Å². The van der Waals surface area contributed by atoms with Crippen molar-refractivity contribution in [3.8, 4) is 0 Å². The van der Waals surface area contributed by atoms with E-state index in [1.807, 2.05) is 12.1 Å². The maximum absolute atomic E-state index is 11.6. The van der Waals surface area contributed by atoms with Gasteiger partial charge in [0.05, 0.1) is 28.4 Å². The van der Waals surface area contributed by atoms with Crippen molar-refractivity contribution < 1.29 is 8.42 Å². The van der Waals surface area contributed by atoms with E-state index in [-0.39, 0.29) is 17.5 Å². The number of fused-ring (bicyclic) bond motifs is 1. The van der Waals surface area contributed by atoms with Crippen molar-refractivity contribution in [3.05, 3.63) is 29.6 Å². The second-order valence-corrected chi connectivity index (χ2v) is 7.93. The topological polar surface area (TPSA) is 52.0 Å². The highest BCUT2D eigenvalue weighted by molar-refractivity contribution is 7.91. The zero-order valence-corrected chi connectivity index (χ0v) is 12.9. The van der Waals surface area contributed by atoms with Gasteiger partial charge >= 0.3 is 0 Å². The summed E-state index contributed by atoms with van der Waals surface area (Å²) < 4.78 is 25.4. The quantitative estimate of drug-likeness (QED) is 0.801. The van der Waals surface area contributed by atoms with Crippen molar-refractivity contribution in [2.75, 3.05) is 11.5 Å². The molecule has 0 atom stereocenters. The maximum Gasteiger partial charge on any atom is 0.150 e. The van der Waals surface area contributed by atoms with Gasteiger partial charge < -0.3 is 4.57 Å². The number of hydrogen-bond acceptors (Lipinski definition) is 3. The van der Waals surface area contributed by atoms with Crippen LogP contribution in [0.2, 0.25) is 0 Å². The first-order valence-electron chi connectivity index (χ1n) is 6.74. The molecule has 1 fully saturated rings. The molecule has 3 rings (SSSR count). The Morgan fingerprint density at radius 3 is 2.70 bits per heavy atom. The molecule has 0 saturated carbocycles. The summed E-state index contributed by atoms with van der Waals surface area (Å²) >= 11 is 6.03. The predicted octanol–water partition coefficient (Wildman–Crippen LogP) is 2.83. The third-order valence-corrected chi connectivity index (χ3v) is 5.95. The number of imidazole rings is 1. The smallest absolute Gasteiger partial charge is 0.150 e. The lowest BCUT2D eigenvalue weighted by molar-refractivity contribution is 0.450. The molecule has 1 aromatic carbocycles. The van der Waals surface area contributed by atoms with E-state index >= 15 is 0 Å². The molecule has 0 aliphatic carbocycles. The SMILES string of the molecule is Cc1cccc2nc(CCl)n(C3CCS(=O)(=O)CC3)c12. The molecule has 2 aromatic rings. The minimum atomic E-state index is -2.86. The summed E-state index contributed by atoms with van der Waals surface area (Å²) in [6.07, 6.45) is 1.29. The molecule has 0 unspecified atom stereocenters. The van der Waals surface area contributed by atoms with Crippen LogP contribution in [0.15, 0.2) is 18.2 Å². The van der Waals surface area contributed by atoms with Gasteiger partial charge in [0.1, 0.15) is 15.7 Å². The second kappa shape index (κ2) is 5.04. The zero-order valence-electron chi connectivity index (χ0n) is 11.3. The van der Waals surface area contributed by atoms with Crippen molar-refractivity contribution >= 4 is 32.5 Å². The van der Waals surface area contributed by atoms with E-state index in [4.69, 9.17) is 11.6 Å². The summed E-state index contributed by atoms with van der Waals surface area (Å²) in [6, 6.07) is 6.20. The summed E-state index contributed by atoms with van der Waals surface area (Å²) in [5, 5.41) is 0. The average molecular weight is 313 g/mol. The van der Waals surface area contributed by atoms with Crippen LogP contribution in [-0.2, 0) is 15.7 Å². The minimum Gasteiger partial charge on any atom is -0.324 e. The van der Waals surface area contributed by atoms with E-state index in [9.17, 15) is 8.42 Å². The number of halogens is 1. The largest absolute Gasteiger partial charge is 0.324 e. The standard InChI is InChI=1S/C14H17ClN2O2S/c1-10-3-2-4-12-14(10)17(13(9-15)16-12)11-5-7-20(18,19)8-6-11/h2-4,11H,5-9H2,1H3. The summed E-state index contributed by atoms with van der Waals surface area (Å²) in [7, 11) is -2.86. The highest BCUT2D eigenvalue weighted by Gasteiger charge is 2.27. The number of sulfone groups is 1. The normalized spacial score (nSPS) is 19.5. The highest BCUT2D eigenvalue weighted by atomic mass is 35.5. The van der Waals surface area contributed by atoms with Gasteiger partial charge in [0.25, 0.3) is 0 Å². The van der Waals surface area contributed by atoms with Crippen LogP contribution in [0.4, 0.5) is 0 Å². The Morgan fingerprint density at radius 2 is 2.05 bits per heavy atom. The average Bonchev–Trinajstić information content (AvgIpc) is 2.79. The van der Waals surface area contributed by atoms with Gasteiger partial charge in [-0.25, -0.2) is 13.4 Å². The molecule has 1 aromatic heterocycles. The number of benzene rings is 1. The number of aryl methyl sites for hydroxylation is 1. The number of hydrogen-bond donors (Lipinski definition) is 0. The van der Waals surface area contributed by atoms with Crippen LogP contribution >= 0.6 is 11.6 Å². The monoisotopic (exact) mass is 312 g/mol. The molecule has 0 amide bonds.